The number of nitrogens with one attached hydrogen (secondary N) is 1. The summed E-state index contributed by atoms with van der Waals surface area (Å²) in [5.74, 6) is -1.19. The lowest BCUT2D eigenvalue weighted by molar-refractivity contribution is -0.143. The van der Waals surface area contributed by atoms with E-state index in [0.717, 1.165) is 24.8 Å². The molecule has 7 heteroatoms. The van der Waals surface area contributed by atoms with E-state index in [2.05, 4.69) is 10.3 Å². The van der Waals surface area contributed by atoms with Gasteiger partial charge in [0.05, 0.1) is 18.0 Å². The molecule has 26 heavy (non-hydrogen) atoms. The Bertz CT molecular complexity index is 772. The molecule has 1 aliphatic carbocycles. The second-order valence-corrected chi connectivity index (χ2v) is 7.02. The van der Waals surface area contributed by atoms with Crippen molar-refractivity contribution >= 4 is 23.5 Å². The zero-order valence-electron chi connectivity index (χ0n) is 14.3. The summed E-state index contributed by atoms with van der Waals surface area (Å²) in [4.78, 5) is 28.1. The SMILES string of the molecule is O=C(Cc1coc(-c2ccc(Cl)cc2)n1)N[C@H]1CCCCC[C@H]1C(=O)O. The van der Waals surface area contributed by atoms with Crippen molar-refractivity contribution in [2.45, 2.75) is 44.6 Å². The highest BCUT2D eigenvalue weighted by Gasteiger charge is 2.30. The van der Waals surface area contributed by atoms with Crippen LogP contribution in [0.15, 0.2) is 34.9 Å². The number of hydrogen-bond acceptors (Lipinski definition) is 4. The molecule has 1 aromatic carbocycles. The zero-order valence-corrected chi connectivity index (χ0v) is 15.0. The van der Waals surface area contributed by atoms with Crippen LogP contribution in [0.5, 0.6) is 0 Å². The molecule has 138 valence electrons. The fourth-order valence-corrected chi connectivity index (χ4v) is 3.44. The van der Waals surface area contributed by atoms with E-state index in [-0.39, 0.29) is 18.4 Å². The molecule has 2 aromatic rings. The Hall–Kier alpha value is -2.34. The van der Waals surface area contributed by atoms with Crippen LogP contribution in [-0.2, 0) is 16.0 Å². The van der Waals surface area contributed by atoms with Crippen molar-refractivity contribution in [1.29, 1.82) is 0 Å². The lowest BCUT2D eigenvalue weighted by Gasteiger charge is -2.22. The molecule has 6 nitrogen and oxygen atoms in total. The minimum absolute atomic E-state index is 0.0555. The van der Waals surface area contributed by atoms with Gasteiger partial charge in [0.2, 0.25) is 11.8 Å². The van der Waals surface area contributed by atoms with Crippen molar-refractivity contribution in [3.63, 3.8) is 0 Å². The molecule has 0 radical (unpaired) electrons. The topological polar surface area (TPSA) is 92.4 Å². The summed E-state index contributed by atoms with van der Waals surface area (Å²) < 4.78 is 5.43. The summed E-state index contributed by atoms with van der Waals surface area (Å²) in [6, 6.07) is 6.74. The van der Waals surface area contributed by atoms with Gasteiger partial charge in [-0.2, -0.15) is 0 Å². The highest BCUT2D eigenvalue weighted by molar-refractivity contribution is 6.30. The minimum Gasteiger partial charge on any atom is -0.481 e. The number of hydrogen-bond donors (Lipinski definition) is 2. The third-order valence-corrected chi connectivity index (χ3v) is 4.92. The summed E-state index contributed by atoms with van der Waals surface area (Å²) in [7, 11) is 0. The van der Waals surface area contributed by atoms with Gasteiger partial charge >= 0.3 is 5.97 Å². The van der Waals surface area contributed by atoms with E-state index in [1.807, 2.05) is 0 Å². The second kappa shape index (κ2) is 8.36. The van der Waals surface area contributed by atoms with Crippen LogP contribution < -0.4 is 5.32 Å². The summed E-state index contributed by atoms with van der Waals surface area (Å²) >= 11 is 5.87. The Labute approximate surface area is 156 Å². The molecule has 0 unspecified atom stereocenters. The first-order valence-electron chi connectivity index (χ1n) is 8.75. The molecule has 1 fully saturated rings. The van der Waals surface area contributed by atoms with Crippen LogP contribution in [0.3, 0.4) is 0 Å². The first-order chi connectivity index (χ1) is 12.5. The van der Waals surface area contributed by atoms with E-state index in [4.69, 9.17) is 16.0 Å². The average Bonchev–Trinajstić information content (AvgIpc) is 2.93. The number of halogens is 1. The van der Waals surface area contributed by atoms with Crippen LogP contribution in [0.25, 0.3) is 11.5 Å². The Morgan fingerprint density at radius 3 is 2.65 bits per heavy atom. The summed E-state index contributed by atoms with van der Waals surface area (Å²) in [6.07, 6.45) is 5.62. The van der Waals surface area contributed by atoms with Gasteiger partial charge in [-0.25, -0.2) is 4.98 Å². The molecular weight excluding hydrogens is 356 g/mol. The maximum absolute atomic E-state index is 12.3. The molecule has 1 saturated carbocycles. The maximum atomic E-state index is 12.3. The third-order valence-electron chi connectivity index (χ3n) is 4.66. The number of carbonyl (C=O) groups is 2. The number of carboxylic acids is 1. The fraction of sp³-hybridized carbons (Fsp3) is 0.421. The predicted octanol–water partition coefficient (Wildman–Crippen LogP) is 3.69. The second-order valence-electron chi connectivity index (χ2n) is 6.58. The van der Waals surface area contributed by atoms with Crippen molar-refractivity contribution in [2.24, 2.45) is 5.92 Å². The lowest BCUT2D eigenvalue weighted by atomic mass is 9.95. The normalized spacial score (nSPS) is 20.3. The summed E-state index contributed by atoms with van der Waals surface area (Å²) in [5.41, 5.74) is 1.28. The Morgan fingerprint density at radius 1 is 1.19 bits per heavy atom. The Kier molecular flexibility index (Phi) is 5.93. The molecule has 1 aromatic heterocycles. The molecule has 1 aliphatic rings. The Morgan fingerprint density at radius 2 is 1.92 bits per heavy atom. The first-order valence-corrected chi connectivity index (χ1v) is 9.13. The first kappa shape index (κ1) is 18.5. The number of benzene rings is 1. The van der Waals surface area contributed by atoms with E-state index >= 15 is 0 Å². The molecule has 0 aliphatic heterocycles. The number of amides is 1. The van der Waals surface area contributed by atoms with Gasteiger partial charge in [-0.1, -0.05) is 30.9 Å². The van der Waals surface area contributed by atoms with Crippen molar-refractivity contribution in [3.8, 4) is 11.5 Å². The van der Waals surface area contributed by atoms with E-state index in [1.165, 1.54) is 6.26 Å². The highest BCUT2D eigenvalue weighted by Crippen LogP contribution is 2.24. The van der Waals surface area contributed by atoms with Crippen LogP contribution in [0.4, 0.5) is 0 Å². The molecule has 1 heterocycles. The summed E-state index contributed by atoms with van der Waals surface area (Å²) in [6.45, 7) is 0. The summed E-state index contributed by atoms with van der Waals surface area (Å²) in [5, 5.41) is 12.9. The molecule has 1 amide bonds. The van der Waals surface area contributed by atoms with Gasteiger partial charge in [0.25, 0.3) is 0 Å². The number of oxazole rings is 1. The quantitative estimate of drug-likeness (QED) is 0.776. The number of rotatable bonds is 5. The van der Waals surface area contributed by atoms with Gasteiger partial charge in [-0.3, -0.25) is 9.59 Å². The van der Waals surface area contributed by atoms with Crippen molar-refractivity contribution in [1.82, 2.24) is 10.3 Å². The smallest absolute Gasteiger partial charge is 0.308 e. The Balaban J connectivity index is 1.62. The number of aromatic nitrogens is 1. The fourth-order valence-electron chi connectivity index (χ4n) is 3.31. The highest BCUT2D eigenvalue weighted by atomic mass is 35.5. The minimum atomic E-state index is -0.844. The van der Waals surface area contributed by atoms with Crippen molar-refractivity contribution in [3.05, 3.63) is 41.2 Å². The van der Waals surface area contributed by atoms with Gasteiger partial charge in [0, 0.05) is 16.6 Å². The van der Waals surface area contributed by atoms with E-state index in [1.54, 1.807) is 24.3 Å². The van der Waals surface area contributed by atoms with E-state index < -0.39 is 11.9 Å². The van der Waals surface area contributed by atoms with Crippen molar-refractivity contribution in [2.75, 3.05) is 0 Å². The predicted molar refractivity (Wildman–Crippen MR) is 96.8 cm³/mol. The average molecular weight is 377 g/mol. The zero-order chi connectivity index (χ0) is 18.5. The van der Waals surface area contributed by atoms with E-state index in [0.29, 0.717) is 29.4 Å². The number of carbonyl (C=O) groups excluding carboxylic acids is 1. The molecule has 2 N–H and O–H groups in total. The van der Waals surface area contributed by atoms with Crippen LogP contribution in [0.2, 0.25) is 5.02 Å². The third kappa shape index (κ3) is 4.64. The van der Waals surface area contributed by atoms with Gasteiger partial charge in [-0.05, 0) is 37.1 Å². The molecule has 3 rings (SSSR count). The van der Waals surface area contributed by atoms with Crippen LogP contribution >= 0.6 is 11.6 Å². The van der Waals surface area contributed by atoms with Gasteiger partial charge in [0.1, 0.15) is 6.26 Å². The van der Waals surface area contributed by atoms with Crippen LogP contribution in [0, 0.1) is 5.92 Å². The molecular formula is C19H21ClN2O4. The molecule has 2 atom stereocenters. The van der Waals surface area contributed by atoms with E-state index in [9.17, 15) is 14.7 Å². The van der Waals surface area contributed by atoms with Gasteiger partial charge in [0.15, 0.2) is 0 Å². The number of carboxylic acid groups (broad SMARTS) is 1. The molecule has 0 saturated heterocycles. The van der Waals surface area contributed by atoms with Crippen molar-refractivity contribution < 1.29 is 19.1 Å². The monoisotopic (exact) mass is 376 g/mol. The van der Waals surface area contributed by atoms with Gasteiger partial charge in [-0.15, -0.1) is 0 Å². The lowest BCUT2D eigenvalue weighted by Crippen LogP contribution is -2.43. The van der Waals surface area contributed by atoms with Crippen LogP contribution in [0.1, 0.15) is 37.8 Å². The molecule has 0 spiro atoms. The number of nitrogens with zero attached hydrogens (tertiary/aromatic N) is 1. The van der Waals surface area contributed by atoms with Gasteiger partial charge < -0.3 is 14.8 Å². The molecule has 0 bridgehead atoms. The number of aliphatic carboxylic acids is 1. The largest absolute Gasteiger partial charge is 0.481 e. The van der Waals surface area contributed by atoms with Crippen LogP contribution in [-0.4, -0.2) is 28.0 Å². The maximum Gasteiger partial charge on any atom is 0.308 e. The standard InChI is InChI=1S/C19H21ClN2O4/c20-13-8-6-12(7-9-13)18-21-14(11-26-18)10-17(23)22-16-5-3-1-2-4-15(16)19(24)25/h6-9,11,15-16H,1-5,10H2,(H,22,23)(H,24,25)/t15-,16+/m1/s1.